The smallest absolute Gasteiger partial charge is 0.133 e. The summed E-state index contributed by atoms with van der Waals surface area (Å²) in [5.41, 5.74) is 4.63. The highest BCUT2D eigenvalue weighted by molar-refractivity contribution is 5.48. The van der Waals surface area contributed by atoms with Crippen molar-refractivity contribution in [3.8, 4) is 5.75 Å². The molecule has 0 aliphatic heterocycles. The van der Waals surface area contributed by atoms with Crippen molar-refractivity contribution in [2.24, 2.45) is 0 Å². The SMILES string of the molecule is Cc1nc2c(c(NCc3ccc(OCc4ccccn4)cc3)n1)CCCC2. The Hall–Kier alpha value is -2.95. The minimum absolute atomic E-state index is 0.477. The lowest BCUT2D eigenvalue weighted by atomic mass is 9.96. The summed E-state index contributed by atoms with van der Waals surface area (Å²) in [6.45, 7) is 3.18. The number of pyridine rings is 1. The Labute approximate surface area is 159 Å². The van der Waals surface area contributed by atoms with Crippen LogP contribution in [0, 0.1) is 6.92 Å². The van der Waals surface area contributed by atoms with Gasteiger partial charge in [-0.25, -0.2) is 9.97 Å². The average Bonchev–Trinajstić information content (AvgIpc) is 2.72. The van der Waals surface area contributed by atoms with Gasteiger partial charge in [-0.05, 0) is 62.4 Å². The summed E-state index contributed by atoms with van der Waals surface area (Å²) in [6, 6.07) is 14.0. The molecule has 0 bridgehead atoms. The van der Waals surface area contributed by atoms with Crippen LogP contribution in [0.1, 0.15) is 41.2 Å². The van der Waals surface area contributed by atoms with Gasteiger partial charge in [-0.1, -0.05) is 18.2 Å². The normalized spacial score (nSPS) is 13.1. The van der Waals surface area contributed by atoms with Gasteiger partial charge in [0.25, 0.3) is 0 Å². The lowest BCUT2D eigenvalue weighted by Crippen LogP contribution is -2.13. The summed E-state index contributed by atoms with van der Waals surface area (Å²) >= 11 is 0. The van der Waals surface area contributed by atoms with Gasteiger partial charge in [0.15, 0.2) is 0 Å². The summed E-state index contributed by atoms with van der Waals surface area (Å²) in [5.74, 6) is 2.68. The first-order chi connectivity index (χ1) is 13.3. The van der Waals surface area contributed by atoms with Gasteiger partial charge in [0, 0.05) is 24.0 Å². The van der Waals surface area contributed by atoms with Gasteiger partial charge >= 0.3 is 0 Å². The summed E-state index contributed by atoms with van der Waals surface area (Å²) in [4.78, 5) is 13.5. The first-order valence-electron chi connectivity index (χ1n) is 9.50. The van der Waals surface area contributed by atoms with Crippen molar-refractivity contribution in [1.29, 1.82) is 0 Å². The van der Waals surface area contributed by atoms with Gasteiger partial charge in [-0.15, -0.1) is 0 Å². The van der Waals surface area contributed by atoms with E-state index in [0.29, 0.717) is 6.61 Å². The standard InChI is InChI=1S/C22H24N4O/c1-16-25-21-8-3-2-7-20(21)22(26-16)24-14-17-9-11-19(12-10-17)27-15-18-6-4-5-13-23-18/h4-6,9-13H,2-3,7-8,14-15H2,1H3,(H,24,25,26). The molecule has 5 heteroatoms. The molecule has 0 atom stereocenters. The molecule has 27 heavy (non-hydrogen) atoms. The predicted molar refractivity (Wildman–Crippen MR) is 106 cm³/mol. The fourth-order valence-corrected chi connectivity index (χ4v) is 3.39. The van der Waals surface area contributed by atoms with Crippen LogP contribution in [0.25, 0.3) is 0 Å². The molecule has 2 heterocycles. The molecule has 0 amide bonds. The van der Waals surface area contributed by atoms with E-state index in [4.69, 9.17) is 4.74 Å². The molecule has 5 nitrogen and oxygen atoms in total. The molecule has 0 spiro atoms. The lowest BCUT2D eigenvalue weighted by Gasteiger charge is -2.19. The van der Waals surface area contributed by atoms with Crippen LogP contribution in [0.15, 0.2) is 48.7 Å². The van der Waals surface area contributed by atoms with E-state index in [0.717, 1.165) is 42.5 Å². The number of nitrogens with zero attached hydrogens (tertiary/aromatic N) is 3. The van der Waals surface area contributed by atoms with Gasteiger partial charge in [-0.2, -0.15) is 0 Å². The second-order valence-corrected chi connectivity index (χ2v) is 6.86. The summed E-state index contributed by atoms with van der Waals surface area (Å²) < 4.78 is 5.80. The second-order valence-electron chi connectivity index (χ2n) is 6.86. The third-order valence-corrected chi connectivity index (χ3v) is 4.79. The van der Waals surface area contributed by atoms with Crippen molar-refractivity contribution in [1.82, 2.24) is 15.0 Å². The summed E-state index contributed by atoms with van der Waals surface area (Å²) in [6.07, 6.45) is 6.36. The number of anilines is 1. The Morgan fingerprint density at radius 1 is 1.00 bits per heavy atom. The number of nitrogens with one attached hydrogen (secondary N) is 1. The van der Waals surface area contributed by atoms with Crippen molar-refractivity contribution < 1.29 is 4.74 Å². The third kappa shape index (κ3) is 4.42. The molecule has 1 aliphatic rings. The van der Waals surface area contributed by atoms with E-state index >= 15 is 0 Å². The monoisotopic (exact) mass is 360 g/mol. The third-order valence-electron chi connectivity index (χ3n) is 4.79. The Balaban J connectivity index is 1.37. The molecular formula is C22H24N4O. The zero-order valence-electron chi connectivity index (χ0n) is 15.6. The highest BCUT2D eigenvalue weighted by Gasteiger charge is 2.16. The van der Waals surface area contributed by atoms with Crippen LogP contribution < -0.4 is 10.1 Å². The number of rotatable bonds is 6. The van der Waals surface area contributed by atoms with Crippen LogP contribution in [-0.2, 0) is 26.0 Å². The van der Waals surface area contributed by atoms with Crippen LogP contribution in [0.3, 0.4) is 0 Å². The average molecular weight is 360 g/mol. The van der Waals surface area contributed by atoms with Crippen LogP contribution in [-0.4, -0.2) is 15.0 Å². The summed E-state index contributed by atoms with van der Waals surface area (Å²) in [7, 11) is 0. The molecule has 0 saturated carbocycles. The summed E-state index contributed by atoms with van der Waals surface area (Å²) in [5, 5.41) is 3.51. The minimum Gasteiger partial charge on any atom is -0.487 e. The van der Waals surface area contributed by atoms with Crippen LogP contribution in [0.5, 0.6) is 5.75 Å². The van der Waals surface area contributed by atoms with E-state index in [-0.39, 0.29) is 0 Å². The zero-order chi connectivity index (χ0) is 18.5. The van der Waals surface area contributed by atoms with E-state index in [1.54, 1.807) is 6.20 Å². The fourth-order valence-electron chi connectivity index (χ4n) is 3.39. The van der Waals surface area contributed by atoms with E-state index in [9.17, 15) is 0 Å². The van der Waals surface area contributed by atoms with Gasteiger partial charge in [-0.3, -0.25) is 4.98 Å². The van der Waals surface area contributed by atoms with Gasteiger partial charge in [0.2, 0.25) is 0 Å². The minimum atomic E-state index is 0.477. The van der Waals surface area contributed by atoms with Crippen molar-refractivity contribution >= 4 is 5.82 Å². The van der Waals surface area contributed by atoms with E-state index in [1.165, 1.54) is 29.7 Å². The van der Waals surface area contributed by atoms with E-state index < -0.39 is 0 Å². The Morgan fingerprint density at radius 3 is 2.67 bits per heavy atom. The first kappa shape index (κ1) is 17.5. The second kappa shape index (κ2) is 8.16. The van der Waals surface area contributed by atoms with Gasteiger partial charge in [0.1, 0.15) is 24.0 Å². The van der Waals surface area contributed by atoms with Crippen LogP contribution >= 0.6 is 0 Å². The maximum Gasteiger partial charge on any atom is 0.133 e. The van der Waals surface area contributed by atoms with Gasteiger partial charge < -0.3 is 10.1 Å². The van der Waals surface area contributed by atoms with Crippen LogP contribution in [0.4, 0.5) is 5.82 Å². The first-order valence-corrected chi connectivity index (χ1v) is 9.50. The maximum atomic E-state index is 5.80. The molecule has 0 saturated heterocycles. The van der Waals surface area contributed by atoms with E-state index in [2.05, 4.69) is 32.4 Å². The molecule has 1 aromatic carbocycles. The molecule has 1 aliphatic carbocycles. The molecule has 138 valence electrons. The van der Waals surface area contributed by atoms with Gasteiger partial charge in [0.05, 0.1) is 5.69 Å². The molecule has 4 rings (SSSR count). The van der Waals surface area contributed by atoms with Crippen molar-refractivity contribution in [3.05, 3.63) is 77.0 Å². The maximum absolute atomic E-state index is 5.80. The zero-order valence-corrected chi connectivity index (χ0v) is 15.6. The number of hydrogen-bond donors (Lipinski definition) is 1. The van der Waals surface area contributed by atoms with E-state index in [1.807, 2.05) is 37.3 Å². The quantitative estimate of drug-likeness (QED) is 0.712. The number of benzene rings is 1. The molecular weight excluding hydrogens is 336 g/mol. The molecule has 0 radical (unpaired) electrons. The topological polar surface area (TPSA) is 59.9 Å². The van der Waals surface area contributed by atoms with Crippen molar-refractivity contribution in [2.45, 2.75) is 45.8 Å². The molecule has 3 aromatic rings. The van der Waals surface area contributed by atoms with Crippen molar-refractivity contribution in [2.75, 3.05) is 5.32 Å². The molecule has 2 aromatic heterocycles. The number of hydrogen-bond acceptors (Lipinski definition) is 5. The lowest BCUT2D eigenvalue weighted by molar-refractivity contribution is 0.301. The Kier molecular flexibility index (Phi) is 5.28. The van der Waals surface area contributed by atoms with Crippen molar-refractivity contribution in [3.63, 3.8) is 0 Å². The number of aryl methyl sites for hydroxylation is 2. The molecule has 0 unspecified atom stereocenters. The number of aromatic nitrogens is 3. The fraction of sp³-hybridized carbons (Fsp3) is 0.318. The number of fused-ring (bicyclic) bond motifs is 1. The predicted octanol–water partition coefficient (Wildman–Crippen LogP) is 4.25. The van der Waals surface area contributed by atoms with Crippen LogP contribution in [0.2, 0.25) is 0 Å². The highest BCUT2D eigenvalue weighted by Crippen LogP contribution is 2.26. The Bertz CT molecular complexity index is 894. The largest absolute Gasteiger partial charge is 0.487 e. The molecule has 1 N–H and O–H groups in total. The highest BCUT2D eigenvalue weighted by atomic mass is 16.5. The number of ether oxygens (including phenoxy) is 1. The Morgan fingerprint density at radius 2 is 1.85 bits per heavy atom. The molecule has 0 fully saturated rings.